The molecule has 1 fully saturated rings. The predicted molar refractivity (Wildman–Crippen MR) is 49.4 cm³/mol. The van der Waals surface area contributed by atoms with Crippen LogP contribution in [-0.2, 0) is 4.74 Å². The molecule has 12 heavy (non-hydrogen) atoms. The van der Waals surface area contributed by atoms with Crippen molar-refractivity contribution in [1.82, 2.24) is 0 Å². The van der Waals surface area contributed by atoms with Gasteiger partial charge in [0, 0.05) is 4.47 Å². The highest BCUT2D eigenvalue weighted by Gasteiger charge is 2.19. The summed E-state index contributed by atoms with van der Waals surface area (Å²) in [6.45, 7) is -5.60. The molecule has 1 heterocycles. The molecule has 3 heteroatoms. The van der Waals surface area contributed by atoms with Gasteiger partial charge in [-0.05, 0) is 24.2 Å². The van der Waals surface area contributed by atoms with Crippen molar-refractivity contribution in [2.45, 2.75) is 6.08 Å². The summed E-state index contributed by atoms with van der Waals surface area (Å²) in [6, 6.07) is -2.24. The van der Waals surface area contributed by atoms with Crippen molar-refractivity contribution in [1.29, 1.82) is 0 Å². The van der Waals surface area contributed by atoms with Gasteiger partial charge in [-0.15, -0.1) is 0 Å². The maximum Gasteiger partial charge on any atom is 0.145 e. The number of benzene rings is 1. The van der Waals surface area contributed by atoms with Crippen LogP contribution in [0.1, 0.15) is 12.3 Å². The zero-order valence-electron chi connectivity index (χ0n) is 14.7. The van der Waals surface area contributed by atoms with E-state index in [2.05, 4.69) is 20.7 Å². The van der Waals surface area contributed by atoms with E-state index in [1.165, 1.54) is 0 Å². The van der Waals surface area contributed by atoms with E-state index < -0.39 is 49.1 Å². The van der Waals surface area contributed by atoms with Crippen molar-refractivity contribution < 1.29 is 21.8 Å². The number of hydrogen-bond acceptors (Lipinski definition) is 2. The van der Waals surface area contributed by atoms with Crippen LogP contribution in [0.3, 0.4) is 0 Å². The molecule has 1 saturated heterocycles. The monoisotopic (exact) mass is 237 g/mol. The maximum absolute atomic E-state index is 7.79. The summed E-state index contributed by atoms with van der Waals surface area (Å²) >= 11 is 2.88. The van der Waals surface area contributed by atoms with Crippen molar-refractivity contribution in [3.05, 3.63) is 28.6 Å². The highest BCUT2D eigenvalue weighted by Crippen LogP contribution is 2.19. The first-order valence-corrected chi connectivity index (χ1v) is 3.80. The van der Waals surface area contributed by atoms with Gasteiger partial charge in [-0.25, -0.2) is 0 Å². The first-order chi connectivity index (χ1) is 9.36. The van der Waals surface area contributed by atoms with E-state index in [4.69, 9.17) is 17.1 Å². The van der Waals surface area contributed by atoms with E-state index in [9.17, 15) is 0 Å². The van der Waals surface area contributed by atoms with Gasteiger partial charge in [0.2, 0.25) is 0 Å². The smallest absolute Gasteiger partial charge is 0.145 e. The molecule has 0 aromatic heterocycles. The molecule has 0 N–H and O–H groups in total. The molecule has 0 unspecified atom stereocenters. The Hall–Kier alpha value is -0.540. The molecule has 64 valence electrons. The first-order valence-electron chi connectivity index (χ1n) is 7.51. The number of ether oxygens (including phenoxy) is 2. The molecule has 2 rings (SSSR count). The summed E-state index contributed by atoms with van der Waals surface area (Å²) < 4.78 is 77.0. The van der Waals surface area contributed by atoms with Gasteiger partial charge in [-0.1, -0.05) is 15.9 Å². The molecule has 1 aliphatic heterocycles. The average molecular weight is 238 g/mol. The van der Waals surface area contributed by atoms with Crippen LogP contribution in [0.2, 0.25) is 0 Å². The zero-order chi connectivity index (χ0) is 16.4. The SMILES string of the molecule is [2H]c1c([2H])c(OC2([2H])C([2H])([2H])OC2([2H])[2H])c([2H])c([2H])c1Br. The van der Waals surface area contributed by atoms with Crippen LogP contribution < -0.4 is 4.74 Å². The third-order valence-corrected chi connectivity index (χ3v) is 1.46. The molecule has 1 aromatic carbocycles. The van der Waals surface area contributed by atoms with Crippen LogP contribution in [0.25, 0.3) is 0 Å². The average Bonchev–Trinajstić information content (AvgIpc) is 2.37. The first kappa shape index (κ1) is 2.72. The number of halogens is 1. The molecule has 0 spiro atoms. The lowest BCUT2D eigenvalue weighted by Gasteiger charge is -2.26. The molecule has 0 bridgehead atoms. The largest absolute Gasteiger partial charge is 0.486 e. The third-order valence-electron chi connectivity index (χ3n) is 1.06. The Balaban J connectivity index is 2.55. The Morgan fingerprint density at radius 2 is 2.25 bits per heavy atom. The van der Waals surface area contributed by atoms with Crippen LogP contribution in [0.5, 0.6) is 5.75 Å². The molecular formula is C9H9BrO2. The van der Waals surface area contributed by atoms with Crippen LogP contribution in [0.15, 0.2) is 28.6 Å². The van der Waals surface area contributed by atoms with E-state index in [1.807, 2.05) is 0 Å². The highest BCUT2D eigenvalue weighted by atomic mass is 79.9. The Morgan fingerprint density at radius 1 is 1.58 bits per heavy atom. The molecule has 0 amide bonds. The molecule has 0 atom stereocenters. The van der Waals surface area contributed by atoms with Crippen molar-refractivity contribution >= 4 is 15.9 Å². The molecule has 0 radical (unpaired) electrons. The van der Waals surface area contributed by atoms with Crippen LogP contribution in [0.4, 0.5) is 0 Å². The van der Waals surface area contributed by atoms with Gasteiger partial charge >= 0.3 is 0 Å². The van der Waals surface area contributed by atoms with Gasteiger partial charge in [0.25, 0.3) is 0 Å². The molecule has 1 aliphatic rings. The minimum atomic E-state index is -2.85. The second kappa shape index (κ2) is 3.46. The molecular weight excluding hydrogens is 220 g/mol. The van der Waals surface area contributed by atoms with Crippen LogP contribution in [-0.4, -0.2) is 19.2 Å². The molecule has 1 aromatic rings. The minimum Gasteiger partial charge on any atom is -0.486 e. The highest BCUT2D eigenvalue weighted by molar-refractivity contribution is 9.10. The summed E-state index contributed by atoms with van der Waals surface area (Å²) in [6.07, 6.45) is -2.85. The Bertz CT molecular complexity index is 575. The summed E-state index contributed by atoms with van der Waals surface area (Å²) in [4.78, 5) is 0. The summed E-state index contributed by atoms with van der Waals surface area (Å²) in [7, 11) is 0. The number of rotatable bonds is 2. The lowest BCUT2D eigenvalue weighted by molar-refractivity contribution is -0.0796. The van der Waals surface area contributed by atoms with E-state index >= 15 is 0 Å². The summed E-state index contributed by atoms with van der Waals surface area (Å²) in [5.41, 5.74) is 0. The molecule has 0 aliphatic carbocycles. The van der Waals surface area contributed by atoms with Crippen LogP contribution >= 0.6 is 15.9 Å². The minimum absolute atomic E-state index is 0.111. The fraction of sp³-hybridized carbons (Fsp3) is 0.333. The number of hydrogen-bond donors (Lipinski definition) is 0. The lowest BCUT2D eigenvalue weighted by atomic mass is 10.3. The van der Waals surface area contributed by atoms with Crippen molar-refractivity contribution in [2.75, 3.05) is 13.1 Å². The van der Waals surface area contributed by atoms with E-state index in [-0.39, 0.29) is 4.47 Å². The van der Waals surface area contributed by atoms with Crippen molar-refractivity contribution in [3.63, 3.8) is 0 Å². The van der Waals surface area contributed by atoms with Crippen molar-refractivity contribution in [3.8, 4) is 5.75 Å². The van der Waals surface area contributed by atoms with E-state index in [0.29, 0.717) is 0 Å². The van der Waals surface area contributed by atoms with Gasteiger partial charge in [0.1, 0.15) is 11.8 Å². The Morgan fingerprint density at radius 3 is 2.83 bits per heavy atom. The summed E-state index contributed by atoms with van der Waals surface area (Å²) in [5, 5.41) is 0. The van der Waals surface area contributed by atoms with Crippen molar-refractivity contribution in [2.24, 2.45) is 0 Å². The van der Waals surface area contributed by atoms with Crippen LogP contribution in [0, 0.1) is 0 Å². The molecule has 0 saturated carbocycles. The summed E-state index contributed by atoms with van der Waals surface area (Å²) in [5.74, 6) is -0.709. The van der Waals surface area contributed by atoms with Gasteiger partial charge in [0.05, 0.1) is 25.5 Å². The van der Waals surface area contributed by atoms with Gasteiger partial charge in [-0.2, -0.15) is 0 Å². The molecule has 2 nitrogen and oxygen atoms in total. The standard InChI is InChI=1S/C9H9BrO2/c10-7-1-3-8(4-2-7)12-9-5-11-6-9/h1-4,9H,5-6H2/i1D,2D,3D,4D,5D2,6D2,9D. The van der Waals surface area contributed by atoms with Gasteiger partial charge in [-0.3, -0.25) is 0 Å². The third kappa shape index (κ3) is 1.79. The fourth-order valence-corrected chi connectivity index (χ4v) is 0.771. The van der Waals surface area contributed by atoms with E-state index in [1.54, 1.807) is 0 Å². The van der Waals surface area contributed by atoms with E-state index in [0.717, 1.165) is 0 Å². The lowest BCUT2D eigenvalue weighted by Crippen LogP contribution is -2.38. The quantitative estimate of drug-likeness (QED) is 0.786. The second-order valence-electron chi connectivity index (χ2n) is 1.88. The topological polar surface area (TPSA) is 18.5 Å². The zero-order valence-corrected chi connectivity index (χ0v) is 7.28. The Kier molecular flexibility index (Phi) is 0.784. The fourth-order valence-electron chi connectivity index (χ4n) is 0.573. The van der Waals surface area contributed by atoms with Gasteiger partial charge in [0.15, 0.2) is 0 Å². The normalized spacial score (nSPS) is 38.9. The second-order valence-corrected chi connectivity index (χ2v) is 2.67. The predicted octanol–water partition coefficient (Wildman–Crippen LogP) is 2.23. The maximum atomic E-state index is 7.79. The van der Waals surface area contributed by atoms with Gasteiger partial charge < -0.3 is 9.47 Å². The Labute approximate surface area is 92.3 Å².